The summed E-state index contributed by atoms with van der Waals surface area (Å²) < 4.78 is 32.8. The zero-order valence-corrected chi connectivity index (χ0v) is 11.7. The Hall–Kier alpha value is -2.38. The second-order valence-electron chi connectivity index (χ2n) is 4.29. The summed E-state index contributed by atoms with van der Waals surface area (Å²) in [7, 11) is -3.99. The summed E-state index contributed by atoms with van der Waals surface area (Å²) in [6.45, 7) is 0. The maximum absolute atomic E-state index is 12.3. The van der Waals surface area contributed by atoms with E-state index in [1.165, 1.54) is 36.4 Å². The minimum atomic E-state index is -3.99. The second kappa shape index (κ2) is 5.94. The molecular weight excluding hydrogens is 292 g/mol. The number of carboxylic acid groups (broad SMARTS) is 1. The van der Waals surface area contributed by atoms with Crippen LogP contribution >= 0.6 is 0 Å². The van der Waals surface area contributed by atoms with E-state index in [-0.39, 0.29) is 10.6 Å². The van der Waals surface area contributed by atoms with Crippen molar-refractivity contribution in [2.75, 3.05) is 4.72 Å². The molecule has 2 aromatic rings. The lowest BCUT2D eigenvalue weighted by molar-refractivity contribution is -0.138. The van der Waals surface area contributed by atoms with E-state index < -0.39 is 22.0 Å². The van der Waals surface area contributed by atoms with Crippen molar-refractivity contribution < 1.29 is 19.7 Å². The molecule has 0 amide bonds. The Morgan fingerprint density at radius 1 is 1.14 bits per heavy atom. The number of anilines is 1. The highest BCUT2D eigenvalue weighted by molar-refractivity contribution is 7.92. The number of sulfonamides is 1. The summed E-state index contributed by atoms with van der Waals surface area (Å²) in [5.41, 5.74) is 5.87. The zero-order valence-electron chi connectivity index (χ0n) is 11.9. The molecule has 0 saturated carbocycles. The van der Waals surface area contributed by atoms with Gasteiger partial charge in [-0.3, -0.25) is 9.51 Å². The fourth-order valence-corrected chi connectivity index (χ4v) is 2.67. The molecule has 1 atom stereocenters. The Balaban J connectivity index is 2.30. The number of benzene rings is 2. The lowest BCUT2D eigenvalue weighted by Crippen LogP contribution is -2.20. The Morgan fingerprint density at radius 2 is 1.71 bits per heavy atom. The highest BCUT2D eigenvalue weighted by Gasteiger charge is 2.16. The van der Waals surface area contributed by atoms with Gasteiger partial charge in [0.05, 0.1) is 4.90 Å². The first-order chi connectivity index (χ1) is 10.3. The molecule has 2 aromatic carbocycles. The van der Waals surface area contributed by atoms with E-state index >= 15 is 0 Å². The van der Waals surface area contributed by atoms with Crippen LogP contribution in [0.4, 0.5) is 5.69 Å². The van der Waals surface area contributed by atoms with Gasteiger partial charge in [0.2, 0.25) is 0 Å². The summed E-state index contributed by atoms with van der Waals surface area (Å²) in [5, 5.41) is 8.82. The quantitative estimate of drug-likeness (QED) is 0.776. The SMILES string of the molecule is [2H]N(c1ccc(C(N)C(=O)O)cc1)S(=O)(=O)c1ccccc1. The van der Waals surface area contributed by atoms with E-state index in [4.69, 9.17) is 12.3 Å². The first-order valence-corrected chi connectivity index (χ1v) is 7.45. The van der Waals surface area contributed by atoms with Gasteiger partial charge in [-0.15, -0.1) is 0 Å². The summed E-state index contributed by atoms with van der Waals surface area (Å²) in [6.07, 6.45) is 0. The predicted octanol–water partition coefficient (Wildman–Crippen LogP) is 1.57. The largest absolute Gasteiger partial charge is 0.480 e. The van der Waals surface area contributed by atoms with Crippen LogP contribution in [0, 0.1) is 0 Å². The van der Waals surface area contributed by atoms with E-state index in [1.54, 1.807) is 18.2 Å². The number of aliphatic carboxylic acids is 1. The van der Waals surface area contributed by atoms with Gasteiger partial charge in [-0.05, 0) is 29.8 Å². The van der Waals surface area contributed by atoms with Crippen LogP contribution in [0.15, 0.2) is 59.5 Å². The molecule has 6 nitrogen and oxygen atoms in total. The predicted molar refractivity (Wildman–Crippen MR) is 78.3 cm³/mol. The molecular formula is C14H14N2O4S. The molecule has 0 heterocycles. The van der Waals surface area contributed by atoms with Crippen molar-refractivity contribution in [3.63, 3.8) is 0 Å². The van der Waals surface area contributed by atoms with Gasteiger partial charge in [0, 0.05) is 5.69 Å². The van der Waals surface area contributed by atoms with E-state index in [0.29, 0.717) is 10.3 Å². The van der Waals surface area contributed by atoms with E-state index in [2.05, 4.69) is 0 Å². The van der Waals surface area contributed by atoms with Gasteiger partial charge in [-0.2, -0.15) is 0 Å². The van der Waals surface area contributed by atoms with Crippen LogP contribution in [0.2, 0.25) is 1.41 Å². The first kappa shape index (κ1) is 13.6. The molecule has 4 N–H and O–H groups in total. The molecule has 0 aliphatic rings. The normalized spacial score (nSPS) is 13.3. The summed E-state index contributed by atoms with van der Waals surface area (Å²) in [4.78, 5) is 10.8. The maximum Gasteiger partial charge on any atom is 0.325 e. The summed E-state index contributed by atoms with van der Waals surface area (Å²) in [6, 6.07) is 11.8. The monoisotopic (exact) mass is 307 g/mol. The number of rotatable bonds is 5. The van der Waals surface area contributed by atoms with Crippen LogP contribution in [-0.4, -0.2) is 19.5 Å². The van der Waals surface area contributed by atoms with Crippen molar-refractivity contribution in [3.8, 4) is 0 Å². The standard InChI is InChI=1S/C14H14N2O4S/c15-13(14(17)18)10-6-8-11(9-7-10)16-21(19,20)12-4-2-1-3-5-12/h1-9,13,16H,15H2,(H,17,18)/i/hD. The topological polar surface area (TPSA) is 109 Å². The molecule has 0 aliphatic carbocycles. The van der Waals surface area contributed by atoms with E-state index in [9.17, 15) is 13.2 Å². The van der Waals surface area contributed by atoms with Crippen LogP contribution in [0.5, 0.6) is 0 Å². The van der Waals surface area contributed by atoms with Gasteiger partial charge >= 0.3 is 5.97 Å². The fourth-order valence-electron chi connectivity index (χ4n) is 1.67. The van der Waals surface area contributed by atoms with Gasteiger partial charge in [0.15, 0.2) is 1.41 Å². The zero-order chi connectivity index (χ0) is 16.3. The highest BCUT2D eigenvalue weighted by Crippen LogP contribution is 2.18. The van der Waals surface area contributed by atoms with Crippen molar-refractivity contribution in [1.29, 1.82) is 0 Å². The molecule has 0 saturated heterocycles. The van der Waals surface area contributed by atoms with Crippen molar-refractivity contribution >= 4 is 21.7 Å². The molecule has 21 heavy (non-hydrogen) atoms. The van der Waals surface area contributed by atoms with Gasteiger partial charge in [-0.25, -0.2) is 8.42 Å². The maximum atomic E-state index is 12.3. The molecule has 7 heteroatoms. The van der Waals surface area contributed by atoms with Crippen LogP contribution in [0.1, 0.15) is 11.6 Å². The summed E-state index contributed by atoms with van der Waals surface area (Å²) in [5.74, 6) is -1.19. The third-order valence-corrected chi connectivity index (χ3v) is 4.10. The van der Waals surface area contributed by atoms with Gasteiger partial charge in [0.1, 0.15) is 6.04 Å². The minimum Gasteiger partial charge on any atom is -0.480 e. The highest BCUT2D eigenvalue weighted by atomic mass is 32.2. The number of carboxylic acids is 1. The number of hydrogen-bond acceptors (Lipinski definition) is 4. The van der Waals surface area contributed by atoms with Crippen LogP contribution in [0.25, 0.3) is 0 Å². The Morgan fingerprint density at radius 3 is 2.24 bits per heavy atom. The molecule has 0 fully saturated rings. The summed E-state index contributed by atoms with van der Waals surface area (Å²) >= 11 is 0. The third kappa shape index (κ3) is 3.59. The smallest absolute Gasteiger partial charge is 0.325 e. The molecule has 0 aromatic heterocycles. The fraction of sp³-hybridized carbons (Fsp3) is 0.0714. The van der Waals surface area contributed by atoms with E-state index in [1.807, 2.05) is 0 Å². The van der Waals surface area contributed by atoms with Crippen molar-refractivity contribution in [2.45, 2.75) is 10.9 Å². The lowest BCUT2D eigenvalue weighted by atomic mass is 10.1. The molecule has 1 unspecified atom stereocenters. The van der Waals surface area contributed by atoms with Crippen molar-refractivity contribution in [2.24, 2.45) is 5.73 Å². The van der Waals surface area contributed by atoms with E-state index in [0.717, 1.165) is 0 Å². The Labute approximate surface area is 123 Å². The molecule has 0 bridgehead atoms. The van der Waals surface area contributed by atoms with Crippen molar-refractivity contribution in [1.82, 2.24) is 0 Å². The second-order valence-corrected chi connectivity index (χ2v) is 5.89. The molecule has 0 aliphatic heterocycles. The van der Waals surface area contributed by atoms with Gasteiger partial charge < -0.3 is 10.8 Å². The number of carbonyl (C=O) groups is 1. The Bertz CT molecular complexity index is 763. The molecule has 0 spiro atoms. The minimum absolute atomic E-state index is 0.00341. The van der Waals surface area contributed by atoms with Crippen molar-refractivity contribution in [3.05, 3.63) is 60.2 Å². The number of nitrogens with one attached hydrogen (secondary N) is 1. The van der Waals surface area contributed by atoms with Gasteiger partial charge in [0.25, 0.3) is 10.0 Å². The molecule has 0 radical (unpaired) electrons. The lowest BCUT2D eigenvalue weighted by Gasteiger charge is -2.10. The number of nitrogens with two attached hydrogens (primary N) is 1. The third-order valence-electron chi connectivity index (χ3n) is 2.78. The van der Waals surface area contributed by atoms with Crippen LogP contribution < -0.4 is 10.4 Å². The number of hydrogen-bond donors (Lipinski definition) is 3. The molecule has 110 valence electrons. The van der Waals surface area contributed by atoms with Crippen LogP contribution in [0.3, 0.4) is 0 Å². The Kier molecular flexibility index (Phi) is 3.85. The average Bonchev–Trinajstić information content (AvgIpc) is 2.54. The van der Waals surface area contributed by atoms with Gasteiger partial charge in [-0.1, -0.05) is 30.3 Å². The molecule has 2 rings (SSSR count). The van der Waals surface area contributed by atoms with Crippen LogP contribution in [-0.2, 0) is 14.8 Å². The first-order valence-electron chi connectivity index (χ1n) is 6.46. The average molecular weight is 307 g/mol.